The summed E-state index contributed by atoms with van der Waals surface area (Å²) in [6, 6.07) is 15.5. The van der Waals surface area contributed by atoms with E-state index in [9.17, 15) is 15.3 Å². The van der Waals surface area contributed by atoms with E-state index in [0.29, 0.717) is 18.0 Å². The molecule has 0 radical (unpaired) electrons. The van der Waals surface area contributed by atoms with Gasteiger partial charge in [-0.1, -0.05) is 48.0 Å². The van der Waals surface area contributed by atoms with Crippen LogP contribution in [-0.2, 0) is 11.3 Å². The molecule has 1 aliphatic rings. The first-order valence-corrected chi connectivity index (χ1v) is 9.42. The van der Waals surface area contributed by atoms with Gasteiger partial charge in [-0.3, -0.25) is 4.79 Å². The van der Waals surface area contributed by atoms with E-state index in [1.165, 1.54) is 5.56 Å². The van der Waals surface area contributed by atoms with Crippen molar-refractivity contribution in [3.8, 4) is 12.1 Å². The maximum absolute atomic E-state index is 13.1. The highest BCUT2D eigenvalue weighted by molar-refractivity contribution is 9.10. The van der Waals surface area contributed by atoms with Gasteiger partial charge in [0.05, 0.1) is 17.8 Å². The number of carbonyl (C=O) groups is 1. The fraction of sp³-hybridized carbons (Fsp3) is 0.227. The summed E-state index contributed by atoms with van der Waals surface area (Å²) < 4.78 is 0.793. The Hall–Kier alpha value is -2.89. The minimum atomic E-state index is -0.310. The lowest BCUT2D eigenvalue weighted by molar-refractivity contribution is -0.113. The number of allylic oxidation sites excluding steroid dienone is 1. The van der Waals surface area contributed by atoms with Crippen molar-refractivity contribution in [1.29, 1.82) is 10.5 Å². The molecule has 1 heterocycles. The normalized spacial score (nSPS) is 12.8. The number of anilines is 1. The summed E-state index contributed by atoms with van der Waals surface area (Å²) in [4.78, 5) is 14.8. The van der Waals surface area contributed by atoms with Crippen molar-refractivity contribution >= 4 is 33.1 Å². The first-order valence-electron chi connectivity index (χ1n) is 8.63. The number of nitrogens with zero attached hydrogens (tertiary/aromatic N) is 3. The molecule has 0 fully saturated rings. The van der Waals surface area contributed by atoms with E-state index in [1.54, 1.807) is 11.0 Å². The van der Waals surface area contributed by atoms with Crippen molar-refractivity contribution in [2.45, 2.75) is 33.2 Å². The van der Waals surface area contributed by atoms with Gasteiger partial charge in [0.15, 0.2) is 0 Å². The lowest BCUT2D eigenvalue weighted by atomic mass is 9.97. The average molecular weight is 420 g/mol. The van der Waals surface area contributed by atoms with Gasteiger partial charge < -0.3 is 4.90 Å². The van der Waals surface area contributed by atoms with Gasteiger partial charge in [-0.25, -0.2) is 0 Å². The van der Waals surface area contributed by atoms with Gasteiger partial charge in [-0.15, -0.1) is 0 Å². The minimum Gasteiger partial charge on any atom is -0.303 e. The van der Waals surface area contributed by atoms with Crippen LogP contribution in [0, 0.1) is 29.6 Å². The lowest BCUT2D eigenvalue weighted by Gasteiger charge is -2.20. The van der Waals surface area contributed by atoms with Gasteiger partial charge >= 0.3 is 0 Å². The van der Waals surface area contributed by atoms with Crippen LogP contribution in [0.4, 0.5) is 5.69 Å². The summed E-state index contributed by atoms with van der Waals surface area (Å²) in [5.41, 5.74) is 4.72. The summed E-state index contributed by atoms with van der Waals surface area (Å²) in [5.74, 6) is 0.0802. The number of carbonyl (C=O) groups excluding carboxylic acids is 1. The van der Waals surface area contributed by atoms with Crippen molar-refractivity contribution in [2.75, 3.05) is 4.90 Å². The minimum absolute atomic E-state index is 0.158. The zero-order valence-electron chi connectivity index (χ0n) is 15.4. The van der Waals surface area contributed by atoms with Gasteiger partial charge in [0.25, 0.3) is 5.91 Å². The van der Waals surface area contributed by atoms with Crippen LogP contribution in [-0.4, -0.2) is 5.91 Å². The second-order valence-electron chi connectivity index (χ2n) is 6.87. The molecule has 1 amide bonds. The topological polar surface area (TPSA) is 67.9 Å². The molecule has 0 saturated heterocycles. The number of hydrogen-bond donors (Lipinski definition) is 0. The molecule has 0 saturated carbocycles. The number of halogens is 1. The smallest absolute Gasteiger partial charge is 0.261 e. The van der Waals surface area contributed by atoms with Crippen LogP contribution in [0.3, 0.4) is 0 Å². The number of fused-ring (bicyclic) bond motifs is 1. The average Bonchev–Trinajstić information content (AvgIpc) is 2.90. The zero-order chi connectivity index (χ0) is 19.7. The fourth-order valence-corrected chi connectivity index (χ4v) is 3.59. The van der Waals surface area contributed by atoms with Gasteiger partial charge in [-0.2, -0.15) is 10.5 Å². The van der Waals surface area contributed by atoms with Crippen LogP contribution in [0.15, 0.2) is 46.4 Å². The Morgan fingerprint density at radius 1 is 1.15 bits per heavy atom. The Morgan fingerprint density at radius 2 is 1.85 bits per heavy atom. The summed E-state index contributed by atoms with van der Waals surface area (Å²) in [5, 5.41) is 18.6. The zero-order valence-corrected chi connectivity index (χ0v) is 17.0. The third-order valence-corrected chi connectivity index (χ3v) is 5.31. The Balaban J connectivity index is 2.13. The highest BCUT2D eigenvalue weighted by Gasteiger charge is 2.35. The molecule has 0 spiro atoms. The summed E-state index contributed by atoms with van der Waals surface area (Å²) in [6.45, 7) is 6.69. The number of hydrogen-bond acceptors (Lipinski definition) is 3. The van der Waals surface area contributed by atoms with Crippen LogP contribution in [0.2, 0.25) is 0 Å². The monoisotopic (exact) mass is 419 g/mol. The Labute approximate surface area is 167 Å². The molecule has 0 bridgehead atoms. The first-order chi connectivity index (χ1) is 12.9. The Kier molecular flexibility index (Phi) is 5.17. The molecule has 0 atom stereocenters. The van der Waals surface area contributed by atoms with Gasteiger partial charge in [-0.05, 0) is 47.7 Å². The molecule has 27 heavy (non-hydrogen) atoms. The predicted molar refractivity (Wildman–Crippen MR) is 109 cm³/mol. The lowest BCUT2D eigenvalue weighted by Crippen LogP contribution is -2.26. The molecule has 1 aliphatic heterocycles. The number of amides is 1. The van der Waals surface area contributed by atoms with E-state index in [4.69, 9.17) is 0 Å². The van der Waals surface area contributed by atoms with E-state index in [1.807, 2.05) is 31.2 Å². The second kappa shape index (κ2) is 7.39. The van der Waals surface area contributed by atoms with Crippen LogP contribution >= 0.6 is 15.9 Å². The Morgan fingerprint density at radius 3 is 2.48 bits per heavy atom. The summed E-state index contributed by atoms with van der Waals surface area (Å²) >= 11 is 3.41. The Bertz CT molecular complexity index is 1040. The maximum atomic E-state index is 13.1. The maximum Gasteiger partial charge on any atom is 0.261 e. The van der Waals surface area contributed by atoms with E-state index in [0.717, 1.165) is 21.3 Å². The van der Waals surface area contributed by atoms with Gasteiger partial charge in [0, 0.05) is 10.0 Å². The highest BCUT2D eigenvalue weighted by Crippen LogP contribution is 2.41. The third-order valence-electron chi connectivity index (χ3n) is 4.82. The van der Waals surface area contributed by atoms with Crippen LogP contribution < -0.4 is 4.90 Å². The predicted octanol–water partition coefficient (Wildman–Crippen LogP) is 5.23. The van der Waals surface area contributed by atoms with Crippen LogP contribution in [0.25, 0.3) is 5.57 Å². The molecule has 134 valence electrons. The molecule has 0 aromatic heterocycles. The summed E-state index contributed by atoms with van der Waals surface area (Å²) in [7, 11) is 0. The highest BCUT2D eigenvalue weighted by atomic mass is 79.9. The third kappa shape index (κ3) is 3.39. The number of aryl methyl sites for hydroxylation is 1. The molecule has 2 aromatic carbocycles. The molecule has 0 unspecified atom stereocenters. The van der Waals surface area contributed by atoms with Crippen molar-refractivity contribution in [3.63, 3.8) is 0 Å². The van der Waals surface area contributed by atoms with E-state index in [2.05, 4.69) is 48.0 Å². The molecule has 0 aliphatic carbocycles. The molecule has 3 rings (SSSR count). The van der Waals surface area contributed by atoms with Gasteiger partial charge in [0.1, 0.15) is 17.7 Å². The molecule has 0 N–H and O–H groups in total. The molecular weight excluding hydrogens is 402 g/mol. The van der Waals surface area contributed by atoms with Crippen LogP contribution in [0.1, 0.15) is 42.0 Å². The number of nitriles is 2. The number of rotatable bonds is 3. The fourth-order valence-electron chi connectivity index (χ4n) is 3.23. The van der Waals surface area contributed by atoms with Crippen LogP contribution in [0.5, 0.6) is 0 Å². The van der Waals surface area contributed by atoms with Gasteiger partial charge in [0.2, 0.25) is 0 Å². The van der Waals surface area contributed by atoms with E-state index < -0.39 is 0 Å². The summed E-state index contributed by atoms with van der Waals surface area (Å²) in [6.07, 6.45) is 0. The van der Waals surface area contributed by atoms with Crippen molar-refractivity contribution in [1.82, 2.24) is 0 Å². The standard InChI is InChI=1S/C22H18BrN3O/c1-13(2)15-5-4-14(3)16(8-15)12-26-20-7-6-18(23)9-19(20)21(22(26)27)17(10-24)11-25/h4-9,13H,12H2,1-3H3. The van der Waals surface area contributed by atoms with Crippen molar-refractivity contribution in [2.24, 2.45) is 0 Å². The largest absolute Gasteiger partial charge is 0.303 e. The van der Waals surface area contributed by atoms with Crippen molar-refractivity contribution in [3.05, 3.63) is 68.7 Å². The molecule has 5 heteroatoms. The quantitative estimate of drug-likeness (QED) is 0.505. The first kappa shape index (κ1) is 18.9. The van der Waals surface area contributed by atoms with E-state index in [-0.39, 0.29) is 17.1 Å². The molecular formula is C22H18BrN3O. The SMILES string of the molecule is Cc1ccc(C(C)C)cc1CN1C(=O)C(=C(C#N)C#N)c2cc(Br)ccc21. The molecule has 4 nitrogen and oxygen atoms in total. The van der Waals surface area contributed by atoms with Crippen molar-refractivity contribution < 1.29 is 4.79 Å². The number of benzene rings is 2. The van der Waals surface area contributed by atoms with E-state index >= 15 is 0 Å². The molecule has 2 aromatic rings. The second-order valence-corrected chi connectivity index (χ2v) is 7.78.